The van der Waals surface area contributed by atoms with Gasteiger partial charge < -0.3 is 10.4 Å². The smallest absolute Gasteiger partial charge is 0.471 e. The highest BCUT2D eigenvalue weighted by atomic mass is 19.4. The summed E-state index contributed by atoms with van der Waals surface area (Å²) in [6, 6.07) is 5.19. The highest BCUT2D eigenvalue weighted by molar-refractivity contribution is 6.03. The van der Waals surface area contributed by atoms with Crippen LogP contribution in [0.15, 0.2) is 38.8 Å². The Kier molecular flexibility index (Phi) is 6.32. The van der Waals surface area contributed by atoms with Crippen LogP contribution in [0.5, 0.6) is 5.88 Å². The van der Waals surface area contributed by atoms with E-state index >= 15 is 0 Å². The number of carbonyl (C=O) groups is 1. The Morgan fingerprint density at radius 2 is 1.84 bits per heavy atom. The zero-order chi connectivity index (χ0) is 22.8. The van der Waals surface area contributed by atoms with Crippen molar-refractivity contribution in [3.63, 3.8) is 0 Å². The van der Waals surface area contributed by atoms with Crippen molar-refractivity contribution in [1.82, 2.24) is 9.55 Å². The number of H-pyrrole nitrogens is 1. The number of rotatable bonds is 4. The Hall–Kier alpha value is -3.37. The van der Waals surface area contributed by atoms with Gasteiger partial charge in [0.25, 0.3) is 5.56 Å². The molecule has 3 N–H and O–H groups in total. The second-order valence-corrected chi connectivity index (χ2v) is 7.29. The second-order valence-electron chi connectivity index (χ2n) is 7.29. The zero-order valence-electron chi connectivity index (χ0n) is 16.6. The van der Waals surface area contributed by atoms with Crippen molar-refractivity contribution in [2.45, 2.75) is 51.2 Å². The van der Waals surface area contributed by atoms with Gasteiger partial charge in [-0.3, -0.25) is 24.1 Å². The number of nitrogens with one attached hydrogen (secondary N) is 2. The average Bonchev–Trinajstić information content (AvgIpc) is 2.69. The molecule has 1 heterocycles. The van der Waals surface area contributed by atoms with Gasteiger partial charge >= 0.3 is 17.8 Å². The van der Waals surface area contributed by atoms with E-state index in [0.29, 0.717) is 12.8 Å². The van der Waals surface area contributed by atoms with Crippen LogP contribution in [-0.4, -0.2) is 32.5 Å². The van der Waals surface area contributed by atoms with E-state index in [1.807, 2.05) is 0 Å². The molecule has 166 valence electrons. The van der Waals surface area contributed by atoms with Gasteiger partial charge in [0.05, 0.1) is 17.1 Å². The van der Waals surface area contributed by atoms with Crippen molar-refractivity contribution in [1.29, 1.82) is 0 Å². The van der Waals surface area contributed by atoms with Crippen LogP contribution in [0.1, 0.15) is 50.6 Å². The third-order valence-corrected chi connectivity index (χ3v) is 5.12. The number of hydrogen-bond acceptors (Lipinski definition) is 5. The number of alkyl halides is 3. The van der Waals surface area contributed by atoms with E-state index in [2.05, 4.69) is 9.98 Å². The lowest BCUT2D eigenvalue weighted by Crippen LogP contribution is -2.36. The molecule has 0 atom stereocenters. The number of aromatic hydroxyl groups is 1. The summed E-state index contributed by atoms with van der Waals surface area (Å²) in [5.74, 6) is -2.71. The number of benzene rings is 1. The van der Waals surface area contributed by atoms with Crippen molar-refractivity contribution in [3.05, 3.63) is 50.7 Å². The number of nitrogens with zero attached hydrogens (tertiary/aromatic N) is 2. The van der Waals surface area contributed by atoms with Gasteiger partial charge in [-0.25, -0.2) is 4.79 Å². The number of halogens is 3. The summed E-state index contributed by atoms with van der Waals surface area (Å²) < 4.78 is 38.9. The van der Waals surface area contributed by atoms with Gasteiger partial charge in [-0.1, -0.05) is 31.4 Å². The number of aromatic nitrogens is 2. The molecule has 1 aromatic heterocycles. The Bertz CT molecular complexity index is 1130. The molecule has 1 aliphatic carbocycles. The quantitative estimate of drug-likeness (QED) is 0.635. The third-order valence-electron chi connectivity index (χ3n) is 5.12. The second kappa shape index (κ2) is 8.78. The molecule has 1 amide bonds. The first kappa shape index (κ1) is 22.3. The largest absolute Gasteiger partial charge is 0.494 e. The number of carbonyl (C=O) groups excluding carboxylic acids is 1. The van der Waals surface area contributed by atoms with Crippen LogP contribution in [0.2, 0.25) is 0 Å². The van der Waals surface area contributed by atoms with E-state index in [1.165, 1.54) is 31.2 Å². The molecule has 3 rings (SSSR count). The topological polar surface area (TPSA) is 117 Å². The first-order valence-electron chi connectivity index (χ1n) is 9.70. The summed E-state index contributed by atoms with van der Waals surface area (Å²) in [6.07, 6.45) is -0.975. The lowest BCUT2D eigenvalue weighted by Gasteiger charge is -2.25. The molecule has 2 aromatic rings. The Labute approximate surface area is 174 Å². The van der Waals surface area contributed by atoms with Gasteiger partial charge in [-0.2, -0.15) is 13.2 Å². The van der Waals surface area contributed by atoms with Crippen molar-refractivity contribution in [3.8, 4) is 5.88 Å². The molecule has 1 fully saturated rings. The summed E-state index contributed by atoms with van der Waals surface area (Å²) in [5, 5.41) is 12.5. The fourth-order valence-corrected chi connectivity index (χ4v) is 3.65. The van der Waals surface area contributed by atoms with Crippen LogP contribution in [0.25, 0.3) is 0 Å². The van der Waals surface area contributed by atoms with Crippen LogP contribution < -0.4 is 16.6 Å². The minimum atomic E-state index is -5.09. The molecule has 1 aromatic carbocycles. The minimum Gasteiger partial charge on any atom is -0.494 e. The van der Waals surface area contributed by atoms with Gasteiger partial charge in [0.1, 0.15) is 5.56 Å². The van der Waals surface area contributed by atoms with E-state index in [-0.39, 0.29) is 28.7 Å². The monoisotopic (exact) mass is 438 g/mol. The Morgan fingerprint density at radius 3 is 2.48 bits per heavy atom. The molecule has 0 aliphatic heterocycles. The fourth-order valence-electron chi connectivity index (χ4n) is 3.65. The van der Waals surface area contributed by atoms with Crippen molar-refractivity contribution >= 4 is 23.0 Å². The van der Waals surface area contributed by atoms with Gasteiger partial charge in [-0.15, -0.1) is 0 Å². The number of anilines is 1. The standard InChI is InChI=1S/C20H21F3N4O4/c1-11(24-13-9-5-6-10-14(13)25-18(30)20(21,22)23)15-16(28)26-19(31)27(17(15)29)12-7-3-2-4-8-12/h5-6,9-10,12,29H,2-4,7-8H2,1H3,(H,25,30)(H,26,28,31). The fraction of sp³-hybridized carbons (Fsp3) is 0.400. The van der Waals surface area contributed by atoms with Gasteiger partial charge in [0.2, 0.25) is 5.88 Å². The Morgan fingerprint density at radius 1 is 1.19 bits per heavy atom. The summed E-state index contributed by atoms with van der Waals surface area (Å²) in [4.78, 5) is 42.3. The number of amides is 1. The van der Waals surface area contributed by atoms with E-state index in [9.17, 15) is 32.7 Å². The summed E-state index contributed by atoms with van der Waals surface area (Å²) in [7, 11) is 0. The highest BCUT2D eigenvalue weighted by Gasteiger charge is 2.39. The average molecular weight is 438 g/mol. The molecule has 1 aliphatic rings. The normalized spacial score (nSPS) is 15.7. The van der Waals surface area contributed by atoms with E-state index < -0.39 is 29.2 Å². The molecule has 0 bridgehead atoms. The summed E-state index contributed by atoms with van der Waals surface area (Å²) in [5.41, 5.74) is -2.16. The molecular weight excluding hydrogens is 417 g/mol. The maximum absolute atomic E-state index is 12.6. The van der Waals surface area contributed by atoms with Crippen LogP contribution in [0.4, 0.5) is 24.5 Å². The van der Waals surface area contributed by atoms with E-state index in [4.69, 9.17) is 0 Å². The molecule has 31 heavy (non-hydrogen) atoms. The molecule has 0 spiro atoms. The Balaban J connectivity index is 2.04. The summed E-state index contributed by atoms with van der Waals surface area (Å²) >= 11 is 0. The molecule has 0 radical (unpaired) electrons. The minimum absolute atomic E-state index is 0.0305. The van der Waals surface area contributed by atoms with Crippen LogP contribution in [0, 0.1) is 0 Å². The van der Waals surface area contributed by atoms with Crippen molar-refractivity contribution < 1.29 is 23.1 Å². The lowest BCUT2D eigenvalue weighted by atomic mass is 9.95. The SMILES string of the molecule is CC(=Nc1ccccc1NC(=O)C(F)(F)F)c1c(O)n(C2CCCCC2)c(=O)[nH]c1=O. The highest BCUT2D eigenvalue weighted by Crippen LogP contribution is 2.31. The molecule has 0 unspecified atom stereocenters. The third kappa shape index (κ3) is 4.86. The number of aliphatic imine (C=N–C) groups is 1. The maximum Gasteiger partial charge on any atom is 0.471 e. The molecule has 8 nitrogen and oxygen atoms in total. The lowest BCUT2D eigenvalue weighted by molar-refractivity contribution is -0.167. The summed E-state index contributed by atoms with van der Waals surface area (Å²) in [6.45, 7) is 1.38. The number of para-hydroxylation sites is 2. The zero-order valence-corrected chi connectivity index (χ0v) is 16.6. The molecular formula is C20H21F3N4O4. The van der Waals surface area contributed by atoms with Crippen molar-refractivity contribution in [2.75, 3.05) is 5.32 Å². The van der Waals surface area contributed by atoms with E-state index in [1.54, 1.807) is 5.32 Å². The molecule has 1 saturated carbocycles. The molecule has 11 heteroatoms. The first-order chi connectivity index (χ1) is 14.6. The molecule has 0 saturated heterocycles. The predicted octanol–water partition coefficient (Wildman–Crippen LogP) is 3.39. The number of hydrogen-bond donors (Lipinski definition) is 3. The van der Waals surface area contributed by atoms with Gasteiger partial charge in [-0.05, 0) is 31.9 Å². The van der Waals surface area contributed by atoms with Crippen LogP contribution in [0.3, 0.4) is 0 Å². The first-order valence-corrected chi connectivity index (χ1v) is 9.70. The number of aromatic amines is 1. The maximum atomic E-state index is 12.6. The van der Waals surface area contributed by atoms with Crippen LogP contribution >= 0.6 is 0 Å². The van der Waals surface area contributed by atoms with Gasteiger partial charge in [0.15, 0.2) is 0 Å². The van der Waals surface area contributed by atoms with Gasteiger partial charge in [0, 0.05) is 6.04 Å². The van der Waals surface area contributed by atoms with Crippen molar-refractivity contribution in [2.24, 2.45) is 4.99 Å². The van der Waals surface area contributed by atoms with Crippen LogP contribution in [-0.2, 0) is 4.79 Å². The van der Waals surface area contributed by atoms with E-state index in [0.717, 1.165) is 23.8 Å². The predicted molar refractivity (Wildman–Crippen MR) is 108 cm³/mol.